The Bertz CT molecular complexity index is 1020. The summed E-state index contributed by atoms with van der Waals surface area (Å²) < 4.78 is 0. The van der Waals surface area contributed by atoms with E-state index in [2.05, 4.69) is 29.8 Å². The van der Waals surface area contributed by atoms with Crippen LogP contribution in [0.2, 0.25) is 5.02 Å². The molecule has 1 aliphatic rings. The molecule has 2 aromatic carbocycles. The minimum Gasteiger partial charge on any atom is -0.342 e. The predicted molar refractivity (Wildman–Crippen MR) is 128 cm³/mol. The number of carbonyl (C=O) groups is 2. The number of guanidine groups is 1. The number of carbonyl (C=O) groups excluding carboxylic acids is 2. The van der Waals surface area contributed by atoms with E-state index in [9.17, 15) is 9.59 Å². The lowest BCUT2D eigenvalue weighted by atomic mass is 9.91. The van der Waals surface area contributed by atoms with E-state index < -0.39 is 5.54 Å². The van der Waals surface area contributed by atoms with E-state index in [1.165, 1.54) is 4.90 Å². The molecule has 170 valence electrons. The van der Waals surface area contributed by atoms with Gasteiger partial charge in [0.05, 0.1) is 6.54 Å². The van der Waals surface area contributed by atoms with E-state index in [1.807, 2.05) is 44.2 Å². The van der Waals surface area contributed by atoms with Crippen molar-refractivity contribution in [3.05, 3.63) is 64.2 Å². The lowest BCUT2D eigenvalue weighted by molar-refractivity contribution is -0.131. The molecule has 7 nitrogen and oxygen atoms in total. The maximum atomic E-state index is 12.9. The average Bonchev–Trinajstić information content (AvgIpc) is 2.92. The number of halogens is 1. The first kappa shape index (κ1) is 23.6. The Balaban J connectivity index is 1.54. The van der Waals surface area contributed by atoms with Gasteiger partial charge in [-0.3, -0.25) is 15.1 Å². The summed E-state index contributed by atoms with van der Waals surface area (Å²) in [6.45, 7) is 8.58. The molecular weight excluding hydrogens is 426 g/mol. The Morgan fingerprint density at radius 3 is 2.47 bits per heavy atom. The number of hydrogen-bond acceptors (Lipinski definition) is 3. The number of aryl methyl sites for hydroxylation is 1. The van der Waals surface area contributed by atoms with Crippen LogP contribution >= 0.6 is 11.6 Å². The zero-order valence-corrected chi connectivity index (χ0v) is 19.6. The van der Waals surface area contributed by atoms with Crippen LogP contribution in [0.3, 0.4) is 0 Å². The molecule has 1 saturated heterocycles. The molecule has 0 saturated carbocycles. The predicted octanol–water partition coefficient (Wildman–Crippen LogP) is 4.64. The van der Waals surface area contributed by atoms with Crippen LogP contribution < -0.4 is 16.0 Å². The molecule has 3 amide bonds. The van der Waals surface area contributed by atoms with Crippen molar-refractivity contribution in [2.45, 2.75) is 52.7 Å². The Morgan fingerprint density at radius 1 is 1.19 bits per heavy atom. The second-order valence-corrected chi connectivity index (χ2v) is 9.29. The highest BCUT2D eigenvalue weighted by molar-refractivity contribution is 6.31. The minimum atomic E-state index is -0.732. The Labute approximate surface area is 194 Å². The lowest BCUT2D eigenvalue weighted by Gasteiger charge is -2.24. The lowest BCUT2D eigenvalue weighted by Crippen LogP contribution is -2.44. The van der Waals surface area contributed by atoms with E-state index in [4.69, 9.17) is 17.0 Å². The van der Waals surface area contributed by atoms with Crippen molar-refractivity contribution in [2.24, 2.45) is 5.92 Å². The van der Waals surface area contributed by atoms with E-state index in [1.54, 1.807) is 12.1 Å². The number of hydrogen-bond donors (Lipinski definition) is 4. The summed E-state index contributed by atoms with van der Waals surface area (Å²) in [5.41, 5.74) is 2.69. The second-order valence-electron chi connectivity index (χ2n) is 8.88. The fraction of sp³-hybridized carbons (Fsp3) is 0.375. The number of benzene rings is 2. The number of anilines is 1. The standard InChI is InChI=1S/C24H30ClN5O2/c1-15(2)12-24(4)21(31)30(22(26)29-24)14-18-8-6-17(7-9-18)13-27-23(32)28-19-10-5-16(3)20(25)11-19/h5-11,15H,12-14H2,1-4H3,(H2,26,29)(H2,27,28,32). The van der Waals surface area contributed by atoms with Crippen LogP contribution in [-0.2, 0) is 17.9 Å². The molecule has 0 radical (unpaired) electrons. The van der Waals surface area contributed by atoms with Crippen molar-refractivity contribution < 1.29 is 9.59 Å². The monoisotopic (exact) mass is 455 g/mol. The number of amides is 3. The fourth-order valence-corrected chi connectivity index (χ4v) is 4.04. The summed E-state index contributed by atoms with van der Waals surface area (Å²) in [6, 6.07) is 12.7. The summed E-state index contributed by atoms with van der Waals surface area (Å²) in [4.78, 5) is 26.5. The van der Waals surface area contributed by atoms with Gasteiger partial charge in [0, 0.05) is 17.3 Å². The quantitative estimate of drug-likeness (QED) is 0.489. The summed E-state index contributed by atoms with van der Waals surface area (Å²) >= 11 is 6.09. The molecule has 3 rings (SSSR count). The van der Waals surface area contributed by atoms with Gasteiger partial charge >= 0.3 is 6.03 Å². The third-order valence-electron chi connectivity index (χ3n) is 5.44. The van der Waals surface area contributed by atoms with Crippen LogP contribution in [0.15, 0.2) is 42.5 Å². The molecule has 1 atom stereocenters. The molecular formula is C24H30ClN5O2. The zero-order chi connectivity index (χ0) is 23.5. The van der Waals surface area contributed by atoms with E-state index >= 15 is 0 Å². The van der Waals surface area contributed by atoms with E-state index in [-0.39, 0.29) is 17.9 Å². The van der Waals surface area contributed by atoms with Gasteiger partial charge in [0.15, 0.2) is 5.96 Å². The van der Waals surface area contributed by atoms with Gasteiger partial charge in [-0.15, -0.1) is 0 Å². The van der Waals surface area contributed by atoms with Crippen LogP contribution in [0.5, 0.6) is 0 Å². The molecule has 0 bridgehead atoms. The molecule has 32 heavy (non-hydrogen) atoms. The minimum absolute atomic E-state index is 0.0742. The fourth-order valence-electron chi connectivity index (χ4n) is 3.86. The van der Waals surface area contributed by atoms with Crippen molar-refractivity contribution in [2.75, 3.05) is 5.32 Å². The topological polar surface area (TPSA) is 97.3 Å². The molecule has 1 aliphatic heterocycles. The van der Waals surface area contributed by atoms with Gasteiger partial charge in [-0.1, -0.05) is 55.8 Å². The van der Waals surface area contributed by atoms with Gasteiger partial charge in [-0.05, 0) is 55.0 Å². The van der Waals surface area contributed by atoms with Crippen molar-refractivity contribution in [3.63, 3.8) is 0 Å². The maximum Gasteiger partial charge on any atom is 0.319 e. The first-order valence-electron chi connectivity index (χ1n) is 10.6. The van der Waals surface area contributed by atoms with Crippen LogP contribution in [0.1, 0.15) is 43.9 Å². The molecule has 8 heteroatoms. The van der Waals surface area contributed by atoms with Gasteiger partial charge in [-0.2, -0.15) is 0 Å². The van der Waals surface area contributed by atoms with Crippen molar-refractivity contribution >= 4 is 35.2 Å². The van der Waals surface area contributed by atoms with Gasteiger partial charge in [0.2, 0.25) is 0 Å². The molecule has 0 aliphatic carbocycles. The van der Waals surface area contributed by atoms with Gasteiger partial charge in [0.25, 0.3) is 5.91 Å². The first-order chi connectivity index (χ1) is 15.1. The molecule has 1 heterocycles. The molecule has 2 aromatic rings. The highest BCUT2D eigenvalue weighted by Gasteiger charge is 2.45. The maximum absolute atomic E-state index is 12.9. The van der Waals surface area contributed by atoms with E-state index in [0.717, 1.165) is 16.7 Å². The zero-order valence-electron chi connectivity index (χ0n) is 18.9. The number of nitrogens with zero attached hydrogens (tertiary/aromatic N) is 1. The summed E-state index contributed by atoms with van der Waals surface area (Å²) in [7, 11) is 0. The first-order valence-corrected chi connectivity index (χ1v) is 11.0. The average molecular weight is 456 g/mol. The molecule has 0 spiro atoms. The summed E-state index contributed by atoms with van der Waals surface area (Å²) in [5.74, 6) is 0.405. The number of nitrogens with one attached hydrogen (secondary N) is 4. The van der Waals surface area contributed by atoms with Crippen LogP contribution in [0.4, 0.5) is 10.5 Å². The summed E-state index contributed by atoms with van der Waals surface area (Å²) in [5, 5.41) is 17.4. The second kappa shape index (κ2) is 9.61. The Kier molecular flexibility index (Phi) is 7.09. The molecule has 4 N–H and O–H groups in total. The molecule has 1 fully saturated rings. The normalized spacial score (nSPS) is 18.1. The van der Waals surface area contributed by atoms with Crippen molar-refractivity contribution in [3.8, 4) is 0 Å². The van der Waals surface area contributed by atoms with Crippen LogP contribution in [0, 0.1) is 18.3 Å². The Morgan fingerprint density at radius 2 is 1.84 bits per heavy atom. The third kappa shape index (κ3) is 5.59. The number of rotatable bonds is 7. The van der Waals surface area contributed by atoms with Crippen LogP contribution in [0.25, 0.3) is 0 Å². The molecule has 1 unspecified atom stereocenters. The highest BCUT2D eigenvalue weighted by atomic mass is 35.5. The highest BCUT2D eigenvalue weighted by Crippen LogP contribution is 2.26. The summed E-state index contributed by atoms with van der Waals surface area (Å²) in [6.07, 6.45) is 0.673. The Hall–Kier alpha value is -3.06. The van der Waals surface area contributed by atoms with Gasteiger partial charge < -0.3 is 16.0 Å². The van der Waals surface area contributed by atoms with Crippen LogP contribution in [-0.4, -0.2) is 28.3 Å². The molecule has 0 aromatic heterocycles. The van der Waals surface area contributed by atoms with E-state index in [0.29, 0.717) is 36.1 Å². The van der Waals surface area contributed by atoms with Gasteiger partial charge in [0.1, 0.15) is 5.54 Å². The largest absolute Gasteiger partial charge is 0.342 e. The van der Waals surface area contributed by atoms with Crippen molar-refractivity contribution in [1.82, 2.24) is 15.5 Å². The SMILES string of the molecule is Cc1ccc(NC(=O)NCc2ccc(CN3C(=N)NC(C)(CC(C)C)C3=O)cc2)cc1Cl. The third-order valence-corrected chi connectivity index (χ3v) is 5.85. The van der Waals surface area contributed by atoms with Crippen molar-refractivity contribution in [1.29, 1.82) is 5.41 Å². The van der Waals surface area contributed by atoms with Gasteiger partial charge in [-0.25, -0.2) is 4.79 Å². The smallest absolute Gasteiger partial charge is 0.319 e. The number of urea groups is 1.